The molecule has 3 atom stereocenters. The summed E-state index contributed by atoms with van der Waals surface area (Å²) < 4.78 is 0. The molecule has 0 unspecified atom stereocenters. The maximum Gasteiger partial charge on any atom is -0.0388 e. The van der Waals surface area contributed by atoms with Crippen molar-refractivity contribution in [2.75, 3.05) is 0 Å². The molecule has 0 rings (SSSR count). The Bertz CT molecular complexity index is 204. The van der Waals surface area contributed by atoms with Crippen LogP contribution in [0, 0.1) is 29.6 Å². The summed E-state index contributed by atoms with van der Waals surface area (Å²) in [6, 6.07) is 0. The summed E-state index contributed by atoms with van der Waals surface area (Å²) in [5.74, 6) is 4.55. The lowest BCUT2D eigenvalue weighted by atomic mass is 9.80. The van der Waals surface area contributed by atoms with Gasteiger partial charge in [-0.2, -0.15) is 0 Å². The third-order valence-electron chi connectivity index (χ3n) is 5.09. The van der Waals surface area contributed by atoms with Gasteiger partial charge >= 0.3 is 0 Å². The molecule has 0 radical (unpaired) electrons. The maximum atomic E-state index is 2.52. The minimum absolute atomic E-state index is 0.865. The summed E-state index contributed by atoms with van der Waals surface area (Å²) in [7, 11) is 0. The molecule has 0 aliphatic heterocycles. The van der Waals surface area contributed by atoms with Crippen molar-refractivity contribution in [3.05, 3.63) is 0 Å². The maximum absolute atomic E-state index is 2.52. The molecule has 0 saturated heterocycles. The van der Waals surface area contributed by atoms with Gasteiger partial charge in [-0.1, -0.05) is 87.0 Å². The van der Waals surface area contributed by atoms with E-state index >= 15 is 0 Å². The van der Waals surface area contributed by atoms with Gasteiger partial charge in [0.25, 0.3) is 0 Å². The van der Waals surface area contributed by atoms with E-state index in [0.29, 0.717) is 0 Å². The van der Waals surface area contributed by atoms with E-state index < -0.39 is 0 Å². The van der Waals surface area contributed by atoms with Gasteiger partial charge in [0.1, 0.15) is 0 Å². The molecule has 0 aliphatic carbocycles. The quantitative estimate of drug-likeness (QED) is 0.351. The molecule has 0 bridgehead atoms. The summed E-state index contributed by atoms with van der Waals surface area (Å²) in [6.45, 7) is 16.7. The summed E-state index contributed by atoms with van der Waals surface area (Å²) >= 11 is 0. The number of hydrogen-bond acceptors (Lipinski definition) is 0. The van der Waals surface area contributed by atoms with Crippen LogP contribution in [0.25, 0.3) is 0 Å². The highest BCUT2D eigenvalue weighted by Crippen LogP contribution is 2.30. The predicted octanol–water partition coefficient (Wildman–Crippen LogP) is 7.33. The molecule has 0 heterocycles. The number of hydrogen-bond donors (Lipinski definition) is 0. The molecule has 0 aromatic rings. The van der Waals surface area contributed by atoms with Crippen LogP contribution in [0.3, 0.4) is 0 Å². The van der Waals surface area contributed by atoms with Crippen molar-refractivity contribution < 1.29 is 0 Å². The van der Waals surface area contributed by atoms with Gasteiger partial charge in [0, 0.05) is 0 Å². The molecular weight excluding hydrogens is 240 g/mol. The zero-order valence-corrected chi connectivity index (χ0v) is 15.5. The van der Waals surface area contributed by atoms with Gasteiger partial charge in [0.05, 0.1) is 0 Å². The molecule has 0 nitrogen and oxygen atoms in total. The Labute approximate surface area is 130 Å². The Balaban J connectivity index is 4.18. The van der Waals surface area contributed by atoms with Crippen molar-refractivity contribution in [3.63, 3.8) is 0 Å². The second kappa shape index (κ2) is 11.6. The van der Waals surface area contributed by atoms with E-state index in [0.717, 1.165) is 29.6 Å². The van der Waals surface area contributed by atoms with Crippen LogP contribution in [-0.2, 0) is 0 Å². The van der Waals surface area contributed by atoms with Crippen LogP contribution in [0.1, 0.15) is 99.8 Å². The predicted molar refractivity (Wildman–Crippen MR) is 94.1 cm³/mol. The van der Waals surface area contributed by atoms with Crippen molar-refractivity contribution in [2.24, 2.45) is 29.6 Å². The average Bonchev–Trinajstić information content (AvgIpc) is 2.37. The first-order valence-electron chi connectivity index (χ1n) is 9.36. The number of rotatable bonds is 12. The summed E-state index contributed by atoms with van der Waals surface area (Å²) in [4.78, 5) is 0. The zero-order valence-electron chi connectivity index (χ0n) is 15.5. The van der Waals surface area contributed by atoms with Gasteiger partial charge in [-0.05, 0) is 42.4 Å². The molecule has 0 amide bonds. The van der Waals surface area contributed by atoms with Gasteiger partial charge in [-0.25, -0.2) is 0 Å². The largest absolute Gasteiger partial charge is 0.0651 e. The Hall–Kier alpha value is 0. The second-order valence-electron chi connectivity index (χ2n) is 8.12. The fraction of sp³-hybridized carbons (Fsp3) is 1.00. The minimum Gasteiger partial charge on any atom is -0.0651 e. The first-order valence-corrected chi connectivity index (χ1v) is 9.36. The Morgan fingerprint density at radius 1 is 0.600 bits per heavy atom. The first-order chi connectivity index (χ1) is 9.36. The van der Waals surface area contributed by atoms with Crippen molar-refractivity contribution in [1.82, 2.24) is 0 Å². The van der Waals surface area contributed by atoms with Crippen molar-refractivity contribution in [2.45, 2.75) is 99.8 Å². The third-order valence-corrected chi connectivity index (χ3v) is 5.09. The normalized spacial score (nSPS) is 16.6. The lowest BCUT2D eigenvalue weighted by Gasteiger charge is -2.26. The van der Waals surface area contributed by atoms with Gasteiger partial charge in [0.15, 0.2) is 0 Å². The lowest BCUT2D eigenvalue weighted by Crippen LogP contribution is -2.14. The molecule has 0 saturated carbocycles. The Kier molecular flexibility index (Phi) is 11.6. The van der Waals surface area contributed by atoms with E-state index in [1.165, 1.54) is 51.4 Å². The molecule has 0 aliphatic rings. The van der Waals surface area contributed by atoms with Crippen molar-refractivity contribution in [1.29, 1.82) is 0 Å². The first kappa shape index (κ1) is 20.0. The third kappa shape index (κ3) is 10.7. The van der Waals surface area contributed by atoms with Crippen LogP contribution in [0.15, 0.2) is 0 Å². The highest BCUT2D eigenvalue weighted by molar-refractivity contribution is 4.70. The van der Waals surface area contributed by atoms with Crippen LogP contribution >= 0.6 is 0 Å². The molecular formula is C20H42. The highest BCUT2D eigenvalue weighted by Gasteiger charge is 2.18. The van der Waals surface area contributed by atoms with E-state index in [9.17, 15) is 0 Å². The molecule has 0 spiro atoms. The minimum atomic E-state index is 0.865. The van der Waals surface area contributed by atoms with E-state index in [1.54, 1.807) is 0 Å². The van der Waals surface area contributed by atoms with Crippen LogP contribution in [0.5, 0.6) is 0 Å². The van der Waals surface area contributed by atoms with Crippen molar-refractivity contribution >= 4 is 0 Å². The van der Waals surface area contributed by atoms with Crippen molar-refractivity contribution in [3.8, 4) is 0 Å². The summed E-state index contributed by atoms with van der Waals surface area (Å²) in [5, 5.41) is 0. The van der Waals surface area contributed by atoms with E-state index in [2.05, 4.69) is 48.5 Å². The molecule has 0 fully saturated rings. The van der Waals surface area contributed by atoms with Crippen LogP contribution in [0.4, 0.5) is 0 Å². The smallest absolute Gasteiger partial charge is 0.0388 e. The topological polar surface area (TPSA) is 0 Å². The molecule has 0 aromatic heterocycles. The monoisotopic (exact) mass is 282 g/mol. The Morgan fingerprint density at radius 2 is 1.15 bits per heavy atom. The highest BCUT2D eigenvalue weighted by atomic mass is 14.2. The SMILES string of the molecule is CC[C@@H](C)CC[C@H](CCC(C)C)[C@H](C)CCCC(C)C. The van der Waals surface area contributed by atoms with E-state index in [1.807, 2.05) is 0 Å². The standard InChI is InChI=1S/C20H42/c1-8-18(6)13-15-20(14-12-17(4)5)19(7)11-9-10-16(2)3/h16-20H,8-15H2,1-7H3/t18-,19-,20+/m1/s1. The van der Waals surface area contributed by atoms with E-state index in [-0.39, 0.29) is 0 Å². The van der Waals surface area contributed by atoms with Crippen LogP contribution in [-0.4, -0.2) is 0 Å². The fourth-order valence-electron chi connectivity index (χ4n) is 3.05. The molecule has 0 heteroatoms. The molecule has 20 heavy (non-hydrogen) atoms. The Morgan fingerprint density at radius 3 is 1.65 bits per heavy atom. The molecule has 0 N–H and O–H groups in total. The van der Waals surface area contributed by atoms with Gasteiger partial charge < -0.3 is 0 Å². The summed E-state index contributed by atoms with van der Waals surface area (Å²) in [6.07, 6.45) is 11.4. The second-order valence-corrected chi connectivity index (χ2v) is 8.12. The fourth-order valence-corrected chi connectivity index (χ4v) is 3.05. The van der Waals surface area contributed by atoms with Gasteiger partial charge in [0.2, 0.25) is 0 Å². The van der Waals surface area contributed by atoms with Gasteiger partial charge in [-0.3, -0.25) is 0 Å². The zero-order chi connectivity index (χ0) is 15.5. The molecule has 122 valence electrons. The van der Waals surface area contributed by atoms with Gasteiger partial charge in [-0.15, -0.1) is 0 Å². The summed E-state index contributed by atoms with van der Waals surface area (Å²) in [5.41, 5.74) is 0. The average molecular weight is 283 g/mol. The van der Waals surface area contributed by atoms with Crippen LogP contribution in [0.2, 0.25) is 0 Å². The molecule has 0 aromatic carbocycles. The van der Waals surface area contributed by atoms with Crippen LogP contribution < -0.4 is 0 Å². The lowest BCUT2D eigenvalue weighted by molar-refractivity contribution is 0.254. The van der Waals surface area contributed by atoms with E-state index in [4.69, 9.17) is 0 Å².